The highest BCUT2D eigenvalue weighted by Gasteiger charge is 2.07. The van der Waals surface area contributed by atoms with Crippen molar-refractivity contribution in [1.82, 2.24) is 4.57 Å². The van der Waals surface area contributed by atoms with Gasteiger partial charge in [0, 0.05) is 10.9 Å². The van der Waals surface area contributed by atoms with E-state index in [-0.39, 0.29) is 6.61 Å². The standard InChI is InChI=1S/C12H11N3O2/c13-8-10-7-9-3-1-2-4-11(9)15(10)5-6-17-12(14)16/h1-4,7H,5-6H2,(H2,14,16). The molecule has 2 aromatic rings. The first-order chi connectivity index (χ1) is 8.22. The van der Waals surface area contributed by atoms with Crippen molar-refractivity contribution < 1.29 is 9.53 Å². The number of nitrogens with zero attached hydrogens (tertiary/aromatic N) is 2. The zero-order chi connectivity index (χ0) is 12.3. The molecule has 0 bridgehead atoms. The number of rotatable bonds is 3. The van der Waals surface area contributed by atoms with Crippen molar-refractivity contribution in [3.8, 4) is 6.07 Å². The fourth-order valence-corrected chi connectivity index (χ4v) is 1.78. The Morgan fingerprint density at radius 1 is 1.47 bits per heavy atom. The Morgan fingerprint density at radius 3 is 2.94 bits per heavy atom. The number of aromatic nitrogens is 1. The Morgan fingerprint density at radius 2 is 2.24 bits per heavy atom. The molecule has 5 heteroatoms. The van der Waals surface area contributed by atoms with Gasteiger partial charge in [-0.15, -0.1) is 0 Å². The highest BCUT2D eigenvalue weighted by atomic mass is 16.5. The number of ether oxygens (including phenoxy) is 1. The van der Waals surface area contributed by atoms with Crippen LogP contribution in [0.1, 0.15) is 5.69 Å². The molecule has 0 saturated carbocycles. The van der Waals surface area contributed by atoms with Gasteiger partial charge in [-0.05, 0) is 12.1 Å². The normalized spacial score (nSPS) is 10.1. The van der Waals surface area contributed by atoms with Crippen molar-refractivity contribution >= 4 is 17.0 Å². The number of carbonyl (C=O) groups is 1. The molecule has 2 rings (SSSR count). The number of nitriles is 1. The van der Waals surface area contributed by atoms with Gasteiger partial charge in [-0.3, -0.25) is 0 Å². The summed E-state index contributed by atoms with van der Waals surface area (Å²) < 4.78 is 6.48. The molecule has 0 aliphatic rings. The van der Waals surface area contributed by atoms with Crippen molar-refractivity contribution in [3.05, 3.63) is 36.0 Å². The predicted octanol–water partition coefficient (Wildman–Crippen LogP) is 1.61. The first kappa shape index (κ1) is 11.0. The van der Waals surface area contributed by atoms with Crippen molar-refractivity contribution in [2.75, 3.05) is 6.61 Å². The van der Waals surface area contributed by atoms with Crippen LogP contribution in [-0.2, 0) is 11.3 Å². The molecule has 0 atom stereocenters. The van der Waals surface area contributed by atoms with E-state index in [0.717, 1.165) is 10.9 Å². The average molecular weight is 229 g/mol. The van der Waals surface area contributed by atoms with E-state index in [1.165, 1.54) is 0 Å². The summed E-state index contributed by atoms with van der Waals surface area (Å²) in [7, 11) is 0. The second-order valence-electron chi connectivity index (χ2n) is 3.52. The van der Waals surface area contributed by atoms with E-state index in [0.29, 0.717) is 12.2 Å². The first-order valence-electron chi connectivity index (χ1n) is 5.13. The number of para-hydroxylation sites is 1. The second-order valence-corrected chi connectivity index (χ2v) is 3.52. The minimum Gasteiger partial charge on any atom is -0.448 e. The molecule has 0 spiro atoms. The van der Waals surface area contributed by atoms with Gasteiger partial charge in [-0.1, -0.05) is 18.2 Å². The summed E-state index contributed by atoms with van der Waals surface area (Å²) in [4.78, 5) is 10.5. The lowest BCUT2D eigenvalue weighted by molar-refractivity contribution is 0.152. The van der Waals surface area contributed by atoms with E-state index in [1.807, 2.05) is 24.3 Å². The van der Waals surface area contributed by atoms with Gasteiger partial charge in [-0.2, -0.15) is 5.26 Å². The average Bonchev–Trinajstić information content (AvgIpc) is 2.67. The van der Waals surface area contributed by atoms with Crippen LogP contribution in [0, 0.1) is 11.3 Å². The molecule has 0 saturated heterocycles. The number of nitrogens with two attached hydrogens (primary N) is 1. The Bertz CT molecular complexity index is 595. The fraction of sp³-hybridized carbons (Fsp3) is 0.167. The zero-order valence-electron chi connectivity index (χ0n) is 9.09. The molecule has 5 nitrogen and oxygen atoms in total. The molecule has 0 aliphatic carbocycles. The third kappa shape index (κ3) is 2.21. The van der Waals surface area contributed by atoms with Gasteiger partial charge in [0.05, 0.1) is 6.54 Å². The van der Waals surface area contributed by atoms with Gasteiger partial charge >= 0.3 is 6.09 Å². The van der Waals surface area contributed by atoms with Crippen molar-refractivity contribution in [3.63, 3.8) is 0 Å². The number of fused-ring (bicyclic) bond motifs is 1. The van der Waals surface area contributed by atoms with Crippen LogP contribution in [0.2, 0.25) is 0 Å². The molecule has 0 aliphatic heterocycles. The van der Waals surface area contributed by atoms with Gasteiger partial charge in [-0.25, -0.2) is 4.79 Å². The maximum absolute atomic E-state index is 10.5. The summed E-state index contributed by atoms with van der Waals surface area (Å²) in [6.45, 7) is 0.571. The summed E-state index contributed by atoms with van der Waals surface area (Å²) >= 11 is 0. The Hall–Kier alpha value is -2.48. The van der Waals surface area contributed by atoms with Crippen LogP contribution >= 0.6 is 0 Å². The number of benzene rings is 1. The number of primary amides is 1. The minimum atomic E-state index is -0.806. The van der Waals surface area contributed by atoms with Gasteiger partial charge in [0.2, 0.25) is 0 Å². The molecule has 0 fully saturated rings. The fourth-order valence-electron chi connectivity index (χ4n) is 1.78. The highest BCUT2D eigenvalue weighted by molar-refractivity contribution is 5.82. The molecule has 0 unspecified atom stereocenters. The number of hydrogen-bond donors (Lipinski definition) is 1. The van der Waals surface area contributed by atoms with Gasteiger partial charge in [0.1, 0.15) is 18.4 Å². The van der Waals surface area contributed by atoms with Crippen molar-refractivity contribution in [1.29, 1.82) is 5.26 Å². The predicted molar refractivity (Wildman–Crippen MR) is 62.2 cm³/mol. The maximum atomic E-state index is 10.5. The van der Waals surface area contributed by atoms with Crippen LogP contribution in [0.25, 0.3) is 10.9 Å². The topological polar surface area (TPSA) is 81.0 Å². The SMILES string of the molecule is N#Cc1cc2ccccc2n1CCOC(N)=O. The molecule has 1 amide bonds. The molecule has 1 heterocycles. The third-order valence-corrected chi connectivity index (χ3v) is 2.48. The summed E-state index contributed by atoms with van der Waals surface area (Å²) in [5.74, 6) is 0. The largest absolute Gasteiger partial charge is 0.448 e. The number of hydrogen-bond acceptors (Lipinski definition) is 3. The molecule has 86 valence electrons. The molecule has 1 aromatic heterocycles. The molecular formula is C12H11N3O2. The van der Waals surface area contributed by atoms with Crippen molar-refractivity contribution in [2.45, 2.75) is 6.54 Å². The number of amides is 1. The van der Waals surface area contributed by atoms with E-state index in [1.54, 1.807) is 10.6 Å². The van der Waals surface area contributed by atoms with Crippen LogP contribution in [0.4, 0.5) is 4.79 Å². The molecule has 0 radical (unpaired) electrons. The van der Waals surface area contributed by atoms with Crippen molar-refractivity contribution in [2.24, 2.45) is 5.73 Å². The molecule has 17 heavy (non-hydrogen) atoms. The van der Waals surface area contributed by atoms with E-state index in [2.05, 4.69) is 10.8 Å². The van der Waals surface area contributed by atoms with Gasteiger partial charge in [0.25, 0.3) is 0 Å². The van der Waals surface area contributed by atoms with Crippen LogP contribution in [0.15, 0.2) is 30.3 Å². The summed E-state index contributed by atoms with van der Waals surface area (Å²) in [5.41, 5.74) is 6.36. The second kappa shape index (κ2) is 4.58. The smallest absolute Gasteiger partial charge is 0.404 e. The third-order valence-electron chi connectivity index (χ3n) is 2.48. The van der Waals surface area contributed by atoms with Gasteiger partial charge in [0.15, 0.2) is 0 Å². The maximum Gasteiger partial charge on any atom is 0.404 e. The molecule has 1 aromatic carbocycles. The lowest BCUT2D eigenvalue weighted by Gasteiger charge is -2.06. The van der Waals surface area contributed by atoms with E-state index >= 15 is 0 Å². The minimum absolute atomic E-state index is 0.155. The molecular weight excluding hydrogens is 218 g/mol. The Kier molecular flexibility index (Phi) is 2.97. The van der Waals surface area contributed by atoms with Crippen LogP contribution in [0.3, 0.4) is 0 Å². The van der Waals surface area contributed by atoms with Crippen LogP contribution in [-0.4, -0.2) is 17.3 Å². The summed E-state index contributed by atoms with van der Waals surface area (Å²) in [6.07, 6.45) is -0.806. The lowest BCUT2D eigenvalue weighted by Crippen LogP contribution is -2.17. The van der Waals surface area contributed by atoms with Crippen LogP contribution < -0.4 is 5.73 Å². The lowest BCUT2D eigenvalue weighted by atomic mass is 10.2. The van der Waals surface area contributed by atoms with Gasteiger partial charge < -0.3 is 15.0 Å². The first-order valence-corrected chi connectivity index (χ1v) is 5.13. The highest BCUT2D eigenvalue weighted by Crippen LogP contribution is 2.18. The monoisotopic (exact) mass is 229 g/mol. The Labute approximate surface area is 98.0 Å². The van der Waals surface area contributed by atoms with Crippen LogP contribution in [0.5, 0.6) is 0 Å². The summed E-state index contributed by atoms with van der Waals surface area (Å²) in [5, 5.41) is 10.0. The van der Waals surface area contributed by atoms with E-state index in [9.17, 15) is 4.79 Å². The summed E-state index contributed by atoms with van der Waals surface area (Å²) in [6, 6.07) is 11.6. The quantitative estimate of drug-likeness (QED) is 0.868. The zero-order valence-corrected chi connectivity index (χ0v) is 9.09. The number of carbonyl (C=O) groups excluding carboxylic acids is 1. The Balaban J connectivity index is 2.31. The van der Waals surface area contributed by atoms with E-state index < -0.39 is 6.09 Å². The molecule has 2 N–H and O–H groups in total. The van der Waals surface area contributed by atoms with E-state index in [4.69, 9.17) is 11.0 Å².